The van der Waals surface area contributed by atoms with Crippen LogP contribution in [0.2, 0.25) is 0 Å². The summed E-state index contributed by atoms with van der Waals surface area (Å²) in [6.07, 6.45) is 2.26. The molecule has 5 rings (SSSR count). The van der Waals surface area contributed by atoms with Gasteiger partial charge in [-0.3, -0.25) is 0 Å². The van der Waals surface area contributed by atoms with Crippen LogP contribution >= 0.6 is 0 Å². The van der Waals surface area contributed by atoms with E-state index in [0.717, 1.165) is 28.3 Å². The summed E-state index contributed by atoms with van der Waals surface area (Å²) in [4.78, 5) is 2.39. The quantitative estimate of drug-likeness (QED) is 0.311. The van der Waals surface area contributed by atoms with Crippen molar-refractivity contribution in [2.24, 2.45) is 0 Å². The van der Waals surface area contributed by atoms with Crippen molar-refractivity contribution in [3.05, 3.63) is 143 Å². The molecule has 0 amide bonds. The fourth-order valence-electron chi connectivity index (χ4n) is 4.78. The highest BCUT2D eigenvalue weighted by molar-refractivity contribution is 6.01. The Balaban J connectivity index is 1.78. The molecule has 170 valence electrons. The number of allylic oxidation sites excluding steroid dienone is 3. The average molecular weight is 455 g/mol. The van der Waals surface area contributed by atoms with Gasteiger partial charge in [-0.1, -0.05) is 72.8 Å². The Morgan fingerprint density at radius 2 is 1.37 bits per heavy atom. The lowest BCUT2D eigenvalue weighted by molar-refractivity contribution is 0.415. The summed E-state index contributed by atoms with van der Waals surface area (Å²) in [5.41, 5.74) is 8.76. The summed E-state index contributed by atoms with van der Waals surface area (Å²) >= 11 is 0. The van der Waals surface area contributed by atoms with Gasteiger partial charge in [-0.15, -0.1) is 0 Å². The molecule has 0 saturated heterocycles. The molecule has 0 N–H and O–H groups in total. The van der Waals surface area contributed by atoms with E-state index in [2.05, 4.69) is 90.7 Å². The van der Waals surface area contributed by atoms with E-state index in [1.807, 2.05) is 42.5 Å². The largest absolute Gasteiger partial charge is 0.497 e. The van der Waals surface area contributed by atoms with E-state index in [1.54, 1.807) is 7.11 Å². The average Bonchev–Trinajstić information content (AvgIpc) is 2.93. The van der Waals surface area contributed by atoms with Crippen LogP contribution in [0.4, 0.5) is 5.69 Å². The number of hydrogen-bond acceptors (Lipinski definition) is 3. The molecule has 1 atom stereocenters. The maximum absolute atomic E-state index is 9.31. The molecular formula is C32H26N2O. The van der Waals surface area contributed by atoms with Crippen molar-refractivity contribution in [3.8, 4) is 11.8 Å². The summed E-state index contributed by atoms with van der Waals surface area (Å²) < 4.78 is 5.41. The van der Waals surface area contributed by atoms with Crippen molar-refractivity contribution in [1.29, 1.82) is 5.26 Å². The van der Waals surface area contributed by atoms with Gasteiger partial charge in [0.2, 0.25) is 0 Å². The van der Waals surface area contributed by atoms with E-state index < -0.39 is 0 Å². The van der Waals surface area contributed by atoms with Gasteiger partial charge in [0.1, 0.15) is 5.75 Å². The lowest BCUT2D eigenvalue weighted by atomic mass is 9.82. The fraction of sp³-hybridized carbons (Fsp3) is 0.0938. The Bertz CT molecular complexity index is 1410. The zero-order valence-corrected chi connectivity index (χ0v) is 19.8. The molecule has 0 saturated carbocycles. The summed E-state index contributed by atoms with van der Waals surface area (Å²) in [5.74, 6) is 0.834. The lowest BCUT2D eigenvalue weighted by Gasteiger charge is -2.41. The first kappa shape index (κ1) is 22.3. The molecule has 3 heteroatoms. The maximum atomic E-state index is 9.31. The van der Waals surface area contributed by atoms with Gasteiger partial charge >= 0.3 is 0 Å². The zero-order chi connectivity index (χ0) is 24.2. The van der Waals surface area contributed by atoms with Crippen molar-refractivity contribution >= 4 is 16.8 Å². The number of ether oxygens (including phenoxy) is 1. The molecule has 1 aliphatic heterocycles. The number of benzene rings is 4. The molecule has 1 heterocycles. The van der Waals surface area contributed by atoms with Crippen molar-refractivity contribution in [3.63, 3.8) is 0 Å². The molecule has 3 nitrogen and oxygen atoms in total. The second kappa shape index (κ2) is 9.75. The molecule has 0 aliphatic carbocycles. The van der Waals surface area contributed by atoms with E-state index in [9.17, 15) is 5.26 Å². The zero-order valence-electron chi connectivity index (χ0n) is 19.8. The molecule has 1 aliphatic rings. The van der Waals surface area contributed by atoms with Crippen LogP contribution in [0.5, 0.6) is 5.75 Å². The van der Waals surface area contributed by atoms with Crippen LogP contribution in [-0.4, -0.2) is 7.11 Å². The highest BCUT2D eigenvalue weighted by atomic mass is 16.5. The number of hydrogen-bond donors (Lipinski definition) is 0. The molecule has 35 heavy (non-hydrogen) atoms. The van der Waals surface area contributed by atoms with E-state index in [1.165, 1.54) is 16.7 Å². The van der Waals surface area contributed by atoms with Crippen molar-refractivity contribution < 1.29 is 4.74 Å². The molecule has 4 aromatic carbocycles. The normalized spacial score (nSPS) is 15.4. The number of nitriles is 1. The highest BCUT2D eigenvalue weighted by Crippen LogP contribution is 2.48. The summed E-state index contributed by atoms with van der Waals surface area (Å²) in [6, 6.07) is 39.5. The molecule has 1 unspecified atom stereocenters. The molecule has 0 fully saturated rings. The monoisotopic (exact) mass is 454 g/mol. The van der Waals surface area contributed by atoms with Crippen molar-refractivity contribution in [2.75, 3.05) is 12.0 Å². The minimum Gasteiger partial charge on any atom is -0.497 e. The Morgan fingerprint density at radius 1 is 0.743 bits per heavy atom. The predicted octanol–water partition coefficient (Wildman–Crippen LogP) is 7.64. The van der Waals surface area contributed by atoms with Gasteiger partial charge in [0.05, 0.1) is 24.8 Å². The van der Waals surface area contributed by atoms with Crippen LogP contribution in [0, 0.1) is 11.3 Å². The highest BCUT2D eigenvalue weighted by Gasteiger charge is 2.32. The van der Waals surface area contributed by atoms with Crippen LogP contribution in [-0.2, 0) is 0 Å². The number of methoxy groups -OCH3 is 1. The first-order valence-electron chi connectivity index (χ1n) is 11.7. The van der Waals surface area contributed by atoms with Crippen LogP contribution in [0.1, 0.15) is 35.2 Å². The molecule has 0 bridgehead atoms. The molecule has 4 aromatic rings. The third-order valence-corrected chi connectivity index (χ3v) is 6.43. The first-order chi connectivity index (χ1) is 17.2. The third kappa shape index (κ3) is 4.35. The summed E-state index contributed by atoms with van der Waals surface area (Å²) in [7, 11) is 1.69. The van der Waals surface area contributed by atoms with Gasteiger partial charge < -0.3 is 9.64 Å². The van der Waals surface area contributed by atoms with Gasteiger partial charge in [-0.2, -0.15) is 5.26 Å². The predicted molar refractivity (Wildman–Crippen MR) is 143 cm³/mol. The second-order valence-corrected chi connectivity index (χ2v) is 8.55. The Kier molecular flexibility index (Phi) is 6.20. The summed E-state index contributed by atoms with van der Waals surface area (Å²) in [5, 5.41) is 9.31. The van der Waals surface area contributed by atoms with E-state index in [4.69, 9.17) is 4.74 Å². The maximum Gasteiger partial charge on any atom is 0.119 e. The van der Waals surface area contributed by atoms with Crippen LogP contribution in [0.25, 0.3) is 11.1 Å². The third-order valence-electron chi connectivity index (χ3n) is 6.43. The molecule has 0 aromatic heterocycles. The Morgan fingerprint density at radius 3 is 1.97 bits per heavy atom. The Hall–Kier alpha value is -4.55. The van der Waals surface area contributed by atoms with Gasteiger partial charge in [0, 0.05) is 11.4 Å². The smallest absolute Gasteiger partial charge is 0.119 e. The Labute approximate surface area is 206 Å². The summed E-state index contributed by atoms with van der Waals surface area (Å²) in [6.45, 7) is 2.16. The van der Waals surface area contributed by atoms with Crippen LogP contribution in [0.15, 0.2) is 121 Å². The van der Waals surface area contributed by atoms with Crippen LogP contribution in [0.3, 0.4) is 0 Å². The SMILES string of the molecule is COc1ccc(N2C(C)=CC(c3ccc(C#N)cc3)=C(c3ccccc3)C2c2ccccc2)cc1. The molecule has 0 spiro atoms. The number of nitrogens with zero attached hydrogens (tertiary/aromatic N) is 2. The van der Waals surface area contributed by atoms with Crippen molar-refractivity contribution in [2.45, 2.75) is 13.0 Å². The molecular weight excluding hydrogens is 428 g/mol. The topological polar surface area (TPSA) is 36.3 Å². The van der Waals surface area contributed by atoms with E-state index in [-0.39, 0.29) is 6.04 Å². The number of anilines is 1. The lowest BCUT2D eigenvalue weighted by Crippen LogP contribution is -2.31. The van der Waals surface area contributed by atoms with Crippen molar-refractivity contribution in [1.82, 2.24) is 0 Å². The number of rotatable bonds is 5. The van der Waals surface area contributed by atoms with Gasteiger partial charge in [-0.25, -0.2) is 0 Å². The van der Waals surface area contributed by atoms with Gasteiger partial charge in [0.15, 0.2) is 0 Å². The van der Waals surface area contributed by atoms with Crippen LogP contribution < -0.4 is 9.64 Å². The minimum atomic E-state index is -0.0392. The second-order valence-electron chi connectivity index (χ2n) is 8.55. The molecule has 0 radical (unpaired) electrons. The standard InChI is InChI=1S/C32H26N2O/c1-23-21-30(25-15-13-24(22-33)14-16-25)31(26-9-5-3-6-10-26)32(27-11-7-4-8-12-27)34(23)28-17-19-29(35-2)20-18-28/h3-21,32H,1-2H3. The van der Waals surface area contributed by atoms with E-state index in [0.29, 0.717) is 5.56 Å². The minimum absolute atomic E-state index is 0.0392. The first-order valence-corrected chi connectivity index (χ1v) is 11.7. The van der Waals surface area contributed by atoms with E-state index >= 15 is 0 Å². The van der Waals surface area contributed by atoms with Gasteiger partial charge in [-0.05, 0) is 77.2 Å². The fourth-order valence-corrected chi connectivity index (χ4v) is 4.78. The van der Waals surface area contributed by atoms with Gasteiger partial charge in [0.25, 0.3) is 0 Å².